The number of rotatable bonds is 4. The molecule has 0 bridgehead atoms. The minimum atomic E-state index is -1.05. The van der Waals surface area contributed by atoms with E-state index in [0.717, 1.165) is 36.9 Å². The Morgan fingerprint density at radius 1 is 0.966 bits per heavy atom. The number of carbonyl (C=O) groups excluding carboxylic acids is 2. The largest absolute Gasteiger partial charge is 0.487 e. The summed E-state index contributed by atoms with van der Waals surface area (Å²) >= 11 is 4.39. The number of benzene rings is 2. The quantitative estimate of drug-likeness (QED) is 0.204. The van der Waals surface area contributed by atoms with Gasteiger partial charge in [-0.1, -0.05) is 30.3 Å². The highest BCUT2D eigenvalue weighted by Crippen LogP contribution is 2.39. The predicted molar refractivity (Wildman–Crippen MR) is 124 cm³/mol. The van der Waals surface area contributed by atoms with Crippen LogP contribution >= 0.6 is 45.2 Å². The molecule has 2 aromatic carbocycles. The first-order valence-electron chi connectivity index (χ1n) is 9.30. The van der Waals surface area contributed by atoms with Gasteiger partial charge >= 0.3 is 11.9 Å². The minimum absolute atomic E-state index is 0.0768. The maximum absolute atomic E-state index is 12.4. The van der Waals surface area contributed by atoms with E-state index in [2.05, 4.69) is 45.2 Å². The van der Waals surface area contributed by atoms with E-state index in [-0.39, 0.29) is 5.57 Å². The Morgan fingerprint density at radius 3 is 2.14 bits per heavy atom. The number of esters is 2. The molecule has 0 radical (unpaired) electrons. The van der Waals surface area contributed by atoms with Crippen molar-refractivity contribution in [3.8, 4) is 5.75 Å². The van der Waals surface area contributed by atoms with Gasteiger partial charge in [0.25, 0.3) is 5.79 Å². The second-order valence-corrected chi connectivity index (χ2v) is 9.37. The third-order valence-corrected chi connectivity index (χ3v) is 6.52. The Kier molecular flexibility index (Phi) is 6.14. The number of ether oxygens (including phenoxy) is 3. The van der Waals surface area contributed by atoms with Crippen LogP contribution in [-0.4, -0.2) is 17.7 Å². The van der Waals surface area contributed by atoms with E-state index in [4.69, 9.17) is 14.2 Å². The van der Waals surface area contributed by atoms with Gasteiger partial charge in [0.2, 0.25) is 0 Å². The van der Waals surface area contributed by atoms with Gasteiger partial charge in [-0.2, -0.15) is 0 Å². The van der Waals surface area contributed by atoms with Crippen LogP contribution < -0.4 is 4.74 Å². The van der Waals surface area contributed by atoms with E-state index in [9.17, 15) is 9.59 Å². The fourth-order valence-electron chi connectivity index (χ4n) is 3.48. The summed E-state index contributed by atoms with van der Waals surface area (Å²) in [5.74, 6) is -1.50. The Bertz CT molecular complexity index is 933. The molecule has 2 aromatic rings. The third kappa shape index (κ3) is 4.60. The van der Waals surface area contributed by atoms with Gasteiger partial charge in [0.15, 0.2) is 0 Å². The molecule has 0 atom stereocenters. The van der Waals surface area contributed by atoms with Crippen LogP contribution in [0.5, 0.6) is 5.75 Å². The summed E-state index contributed by atoms with van der Waals surface area (Å²) in [7, 11) is 0. The monoisotopic (exact) mass is 616 g/mol. The second kappa shape index (κ2) is 8.63. The molecule has 150 valence electrons. The van der Waals surface area contributed by atoms with Crippen LogP contribution in [0.15, 0.2) is 48.0 Å². The zero-order valence-electron chi connectivity index (χ0n) is 15.5. The summed E-state index contributed by atoms with van der Waals surface area (Å²) in [6, 6.07) is 13.7. The standard InChI is InChI=1S/C22H18I2O5/c23-17-11-15(12-18(24)19(17)27-13-14-6-2-1-3-7-14)10-16-20(25)28-22(29-21(16)26)8-4-5-9-22/h1-3,6-7,10-12H,4-5,8-9,13H2. The van der Waals surface area contributed by atoms with Gasteiger partial charge in [-0.25, -0.2) is 9.59 Å². The van der Waals surface area contributed by atoms with Gasteiger partial charge in [-0.3, -0.25) is 0 Å². The Morgan fingerprint density at radius 2 is 1.55 bits per heavy atom. The van der Waals surface area contributed by atoms with Gasteiger partial charge < -0.3 is 14.2 Å². The van der Waals surface area contributed by atoms with E-state index < -0.39 is 17.7 Å². The zero-order chi connectivity index (χ0) is 20.4. The maximum atomic E-state index is 12.4. The average molecular weight is 616 g/mol. The summed E-state index contributed by atoms with van der Waals surface area (Å²) in [5, 5.41) is 0. The molecular weight excluding hydrogens is 598 g/mol. The van der Waals surface area contributed by atoms with Crippen LogP contribution in [0.25, 0.3) is 6.08 Å². The Balaban J connectivity index is 1.53. The number of carbonyl (C=O) groups is 2. The first-order chi connectivity index (χ1) is 14.0. The lowest BCUT2D eigenvalue weighted by Crippen LogP contribution is -2.44. The summed E-state index contributed by atoms with van der Waals surface area (Å²) in [6.45, 7) is 0.466. The summed E-state index contributed by atoms with van der Waals surface area (Å²) < 4.78 is 18.7. The van der Waals surface area contributed by atoms with Crippen molar-refractivity contribution in [3.63, 3.8) is 0 Å². The summed E-state index contributed by atoms with van der Waals surface area (Å²) in [5.41, 5.74) is 1.73. The fraction of sp³-hybridized carbons (Fsp3) is 0.273. The van der Waals surface area contributed by atoms with Crippen LogP contribution in [0.2, 0.25) is 0 Å². The summed E-state index contributed by atoms with van der Waals surface area (Å²) in [6.07, 6.45) is 4.45. The van der Waals surface area contributed by atoms with Gasteiger partial charge in [0.05, 0.1) is 7.14 Å². The number of hydrogen-bond acceptors (Lipinski definition) is 5. The molecule has 1 aliphatic heterocycles. The molecule has 2 fully saturated rings. The van der Waals surface area contributed by atoms with Gasteiger partial charge in [-0.15, -0.1) is 0 Å². The highest BCUT2D eigenvalue weighted by molar-refractivity contribution is 14.1. The lowest BCUT2D eigenvalue weighted by atomic mass is 10.1. The van der Waals surface area contributed by atoms with Crippen molar-refractivity contribution < 1.29 is 23.8 Å². The Hall–Kier alpha value is -1.62. The molecule has 0 N–H and O–H groups in total. The zero-order valence-corrected chi connectivity index (χ0v) is 19.8. The number of halogens is 2. The third-order valence-electron chi connectivity index (χ3n) is 4.92. The first kappa shape index (κ1) is 20.6. The molecule has 1 aliphatic carbocycles. The molecule has 1 heterocycles. The molecule has 1 saturated carbocycles. The van der Waals surface area contributed by atoms with Crippen LogP contribution in [-0.2, 0) is 25.7 Å². The van der Waals surface area contributed by atoms with Crippen molar-refractivity contribution in [2.75, 3.05) is 0 Å². The molecule has 4 rings (SSSR count). The lowest BCUT2D eigenvalue weighted by Gasteiger charge is -2.32. The molecule has 2 aliphatic rings. The van der Waals surface area contributed by atoms with Gasteiger partial charge in [0, 0.05) is 12.8 Å². The highest BCUT2D eigenvalue weighted by atomic mass is 127. The smallest absolute Gasteiger partial charge is 0.348 e. The molecular formula is C22H18I2O5. The van der Waals surface area contributed by atoms with Crippen molar-refractivity contribution in [2.24, 2.45) is 0 Å². The molecule has 1 spiro atoms. The fourth-order valence-corrected chi connectivity index (χ4v) is 5.61. The topological polar surface area (TPSA) is 61.8 Å². The van der Waals surface area contributed by atoms with Crippen molar-refractivity contribution >= 4 is 63.2 Å². The molecule has 7 heteroatoms. The second-order valence-electron chi connectivity index (χ2n) is 7.04. The summed E-state index contributed by atoms with van der Waals surface area (Å²) in [4.78, 5) is 24.9. The lowest BCUT2D eigenvalue weighted by molar-refractivity contribution is -0.232. The highest BCUT2D eigenvalue weighted by Gasteiger charge is 2.47. The van der Waals surface area contributed by atoms with Crippen molar-refractivity contribution in [3.05, 3.63) is 66.3 Å². The molecule has 0 unspecified atom stereocenters. The maximum Gasteiger partial charge on any atom is 0.348 e. The van der Waals surface area contributed by atoms with Crippen molar-refractivity contribution in [1.29, 1.82) is 0 Å². The van der Waals surface area contributed by atoms with E-state index in [1.165, 1.54) is 6.08 Å². The van der Waals surface area contributed by atoms with Crippen LogP contribution in [0.4, 0.5) is 0 Å². The SMILES string of the molecule is O=C1OC2(CCCC2)OC(=O)C1=Cc1cc(I)c(OCc2ccccc2)c(I)c1. The number of hydrogen-bond donors (Lipinski definition) is 0. The van der Waals surface area contributed by atoms with E-state index in [0.29, 0.717) is 19.4 Å². The van der Waals surface area contributed by atoms with E-state index in [1.54, 1.807) is 0 Å². The predicted octanol–water partition coefficient (Wildman–Crippen LogP) is 5.23. The minimum Gasteiger partial charge on any atom is -0.487 e. The van der Waals surface area contributed by atoms with Gasteiger partial charge in [-0.05, 0) is 87.4 Å². The molecule has 29 heavy (non-hydrogen) atoms. The van der Waals surface area contributed by atoms with Crippen LogP contribution in [0.3, 0.4) is 0 Å². The van der Waals surface area contributed by atoms with E-state index >= 15 is 0 Å². The normalized spacial score (nSPS) is 17.8. The molecule has 0 aromatic heterocycles. The van der Waals surface area contributed by atoms with Crippen molar-refractivity contribution in [1.82, 2.24) is 0 Å². The van der Waals surface area contributed by atoms with Crippen LogP contribution in [0, 0.1) is 7.14 Å². The molecule has 5 nitrogen and oxygen atoms in total. The molecule has 1 saturated heterocycles. The van der Waals surface area contributed by atoms with Gasteiger partial charge in [0.1, 0.15) is 17.9 Å². The molecule has 0 amide bonds. The van der Waals surface area contributed by atoms with Crippen LogP contribution in [0.1, 0.15) is 36.8 Å². The first-order valence-corrected chi connectivity index (χ1v) is 11.5. The van der Waals surface area contributed by atoms with Crippen molar-refractivity contribution in [2.45, 2.75) is 38.1 Å². The average Bonchev–Trinajstić information content (AvgIpc) is 3.12. The Labute approximate surface area is 196 Å². The van der Waals surface area contributed by atoms with E-state index in [1.807, 2.05) is 42.5 Å².